The van der Waals surface area contributed by atoms with Crippen molar-refractivity contribution in [2.24, 2.45) is 0 Å². The number of hydrogen-bond donors (Lipinski definition) is 1. The maximum absolute atomic E-state index is 12.1. The average Bonchev–Trinajstić information content (AvgIpc) is 2.94. The van der Waals surface area contributed by atoms with Gasteiger partial charge in [-0.3, -0.25) is 4.79 Å². The molecule has 27 heavy (non-hydrogen) atoms. The van der Waals surface area contributed by atoms with E-state index in [2.05, 4.69) is 10.4 Å². The van der Waals surface area contributed by atoms with Crippen molar-refractivity contribution < 1.29 is 4.79 Å². The largest absolute Gasteiger partial charge is 0.323 e. The van der Waals surface area contributed by atoms with E-state index in [1.54, 1.807) is 35.0 Å². The zero-order chi connectivity index (χ0) is 19.2. The Balaban J connectivity index is 1.70. The molecule has 0 atom stereocenters. The van der Waals surface area contributed by atoms with Gasteiger partial charge in [-0.25, -0.2) is 4.68 Å². The first kappa shape index (κ1) is 18.4. The number of carbonyl (C=O) groups excluding carboxylic acids is 1. The van der Waals surface area contributed by atoms with E-state index in [0.29, 0.717) is 28.5 Å². The number of rotatable bonds is 5. The van der Waals surface area contributed by atoms with Crippen molar-refractivity contribution >= 4 is 29.3 Å². The van der Waals surface area contributed by atoms with Gasteiger partial charge in [0.05, 0.1) is 23.9 Å². The van der Waals surface area contributed by atoms with E-state index in [-0.39, 0.29) is 5.91 Å². The molecule has 1 aromatic heterocycles. The number of aryl methyl sites for hydroxylation is 1. The van der Waals surface area contributed by atoms with Gasteiger partial charge >= 0.3 is 0 Å². The predicted molar refractivity (Wildman–Crippen MR) is 106 cm³/mol. The number of nitriles is 1. The van der Waals surface area contributed by atoms with Crippen LogP contribution in [0.4, 0.5) is 5.69 Å². The number of nitrogens with one attached hydrogen (secondary N) is 1. The van der Waals surface area contributed by atoms with Crippen LogP contribution in [0.1, 0.15) is 22.4 Å². The number of amides is 1. The molecule has 0 aliphatic carbocycles. The molecular weight excluding hydrogens is 360 g/mol. The number of aromatic nitrogens is 2. The second-order valence-corrected chi connectivity index (χ2v) is 6.30. The van der Waals surface area contributed by atoms with Crippen molar-refractivity contribution in [1.82, 2.24) is 9.78 Å². The van der Waals surface area contributed by atoms with Gasteiger partial charge in [0.25, 0.3) is 0 Å². The lowest BCUT2D eigenvalue weighted by Gasteiger charge is -2.03. The van der Waals surface area contributed by atoms with Gasteiger partial charge < -0.3 is 5.32 Å². The third-order valence-corrected chi connectivity index (χ3v) is 4.37. The Bertz CT molecular complexity index is 1010. The smallest absolute Gasteiger partial charge is 0.248 e. The predicted octanol–water partition coefficient (Wildman–Crippen LogP) is 4.42. The first-order valence-corrected chi connectivity index (χ1v) is 8.70. The molecule has 1 heterocycles. The van der Waals surface area contributed by atoms with E-state index in [1.807, 2.05) is 43.3 Å². The third kappa shape index (κ3) is 4.63. The van der Waals surface area contributed by atoms with Crippen LogP contribution in [0.25, 0.3) is 6.08 Å². The van der Waals surface area contributed by atoms with Gasteiger partial charge in [-0.05, 0) is 42.8 Å². The summed E-state index contributed by atoms with van der Waals surface area (Å²) in [6.07, 6.45) is 3.08. The minimum absolute atomic E-state index is 0.286. The molecule has 0 saturated heterocycles. The number of carbonyl (C=O) groups is 1. The molecule has 2 aromatic carbocycles. The first-order chi connectivity index (χ1) is 13.1. The van der Waals surface area contributed by atoms with Crippen LogP contribution in [0.3, 0.4) is 0 Å². The Morgan fingerprint density at radius 3 is 2.59 bits per heavy atom. The Morgan fingerprint density at radius 1 is 1.22 bits per heavy atom. The number of hydrogen-bond acceptors (Lipinski definition) is 3. The molecule has 3 rings (SSSR count). The summed E-state index contributed by atoms with van der Waals surface area (Å²) in [6.45, 7) is 2.41. The monoisotopic (exact) mass is 376 g/mol. The van der Waals surface area contributed by atoms with Gasteiger partial charge in [0, 0.05) is 17.3 Å². The normalized spacial score (nSPS) is 10.7. The van der Waals surface area contributed by atoms with Gasteiger partial charge in [-0.2, -0.15) is 10.4 Å². The van der Waals surface area contributed by atoms with Gasteiger partial charge in [0.1, 0.15) is 5.15 Å². The summed E-state index contributed by atoms with van der Waals surface area (Å²) in [6, 6.07) is 18.6. The highest BCUT2D eigenvalue weighted by molar-refractivity contribution is 6.31. The highest BCUT2D eigenvalue weighted by atomic mass is 35.5. The third-order valence-electron chi connectivity index (χ3n) is 3.97. The van der Waals surface area contributed by atoms with Crippen LogP contribution >= 0.6 is 11.6 Å². The van der Waals surface area contributed by atoms with E-state index < -0.39 is 0 Å². The molecule has 0 radical (unpaired) electrons. The van der Waals surface area contributed by atoms with Crippen molar-refractivity contribution in [2.45, 2.75) is 13.5 Å². The maximum Gasteiger partial charge on any atom is 0.248 e. The van der Waals surface area contributed by atoms with Crippen molar-refractivity contribution in [2.75, 3.05) is 5.32 Å². The van der Waals surface area contributed by atoms with Crippen LogP contribution in [0, 0.1) is 18.3 Å². The highest BCUT2D eigenvalue weighted by Gasteiger charge is 2.11. The number of anilines is 1. The fourth-order valence-corrected chi connectivity index (χ4v) is 2.89. The molecule has 0 unspecified atom stereocenters. The molecule has 3 aromatic rings. The number of halogens is 1. The summed E-state index contributed by atoms with van der Waals surface area (Å²) in [4.78, 5) is 12.1. The molecule has 5 nitrogen and oxygen atoms in total. The van der Waals surface area contributed by atoms with E-state index in [0.717, 1.165) is 11.3 Å². The van der Waals surface area contributed by atoms with Crippen molar-refractivity contribution in [3.05, 3.63) is 88.2 Å². The van der Waals surface area contributed by atoms with Gasteiger partial charge in [0.2, 0.25) is 5.91 Å². The van der Waals surface area contributed by atoms with E-state index in [9.17, 15) is 4.79 Å². The van der Waals surface area contributed by atoms with E-state index >= 15 is 0 Å². The van der Waals surface area contributed by atoms with Crippen molar-refractivity contribution in [1.29, 1.82) is 5.26 Å². The molecule has 1 amide bonds. The van der Waals surface area contributed by atoms with Crippen molar-refractivity contribution in [3.8, 4) is 6.07 Å². The molecule has 0 spiro atoms. The van der Waals surface area contributed by atoms with Crippen molar-refractivity contribution in [3.63, 3.8) is 0 Å². The molecular formula is C21H17ClN4O. The molecule has 0 saturated carbocycles. The minimum Gasteiger partial charge on any atom is -0.323 e. The summed E-state index contributed by atoms with van der Waals surface area (Å²) in [5, 5.41) is 16.5. The summed E-state index contributed by atoms with van der Waals surface area (Å²) in [5.74, 6) is -0.286. The Hall–Kier alpha value is -3.36. The van der Waals surface area contributed by atoms with Crippen LogP contribution in [0.5, 0.6) is 0 Å². The van der Waals surface area contributed by atoms with Gasteiger partial charge in [-0.1, -0.05) is 41.9 Å². The van der Waals surface area contributed by atoms with Gasteiger partial charge in [-0.15, -0.1) is 0 Å². The van der Waals surface area contributed by atoms with Crippen LogP contribution in [-0.4, -0.2) is 15.7 Å². The lowest BCUT2D eigenvalue weighted by molar-refractivity contribution is -0.111. The summed E-state index contributed by atoms with van der Waals surface area (Å²) in [7, 11) is 0. The molecule has 0 fully saturated rings. The molecule has 134 valence electrons. The zero-order valence-electron chi connectivity index (χ0n) is 14.7. The van der Waals surface area contributed by atoms with Crippen LogP contribution in [0.15, 0.2) is 60.7 Å². The molecule has 6 heteroatoms. The molecule has 1 N–H and O–H groups in total. The number of benzene rings is 2. The second-order valence-electron chi connectivity index (χ2n) is 5.94. The Morgan fingerprint density at radius 2 is 1.93 bits per heavy atom. The molecule has 0 bridgehead atoms. The fourth-order valence-electron chi connectivity index (χ4n) is 2.59. The highest BCUT2D eigenvalue weighted by Crippen LogP contribution is 2.22. The fraction of sp³-hybridized carbons (Fsp3) is 0.0952. The number of nitrogens with zero attached hydrogens (tertiary/aromatic N) is 3. The van der Waals surface area contributed by atoms with Crippen LogP contribution in [-0.2, 0) is 11.3 Å². The van der Waals surface area contributed by atoms with E-state index in [1.165, 1.54) is 6.08 Å². The molecule has 0 aliphatic heterocycles. The summed E-state index contributed by atoms with van der Waals surface area (Å²) in [5.41, 5.74) is 3.71. The lowest BCUT2D eigenvalue weighted by Crippen LogP contribution is -2.07. The summed E-state index contributed by atoms with van der Waals surface area (Å²) >= 11 is 6.44. The quantitative estimate of drug-likeness (QED) is 0.670. The van der Waals surface area contributed by atoms with Gasteiger partial charge in [0.15, 0.2) is 0 Å². The average molecular weight is 377 g/mol. The summed E-state index contributed by atoms with van der Waals surface area (Å²) < 4.78 is 1.71. The Kier molecular flexibility index (Phi) is 5.70. The van der Waals surface area contributed by atoms with E-state index in [4.69, 9.17) is 16.9 Å². The first-order valence-electron chi connectivity index (χ1n) is 8.33. The Labute approximate surface area is 162 Å². The topological polar surface area (TPSA) is 70.7 Å². The minimum atomic E-state index is -0.286. The second kappa shape index (κ2) is 8.35. The maximum atomic E-state index is 12.1. The van der Waals surface area contributed by atoms with Crippen LogP contribution in [0.2, 0.25) is 5.15 Å². The zero-order valence-corrected chi connectivity index (χ0v) is 15.4. The molecule has 0 aliphatic rings. The van der Waals surface area contributed by atoms with Crippen LogP contribution < -0.4 is 5.32 Å². The SMILES string of the molecule is Cc1nn(Cc2ccccc2)c(Cl)c1/C=C/C(=O)Nc1ccc(C#N)cc1. The lowest BCUT2D eigenvalue weighted by atomic mass is 10.2. The standard InChI is InChI=1S/C21H17ClN4O/c1-15-19(21(22)26(25-15)14-17-5-3-2-4-6-17)11-12-20(27)24-18-9-7-16(13-23)8-10-18/h2-12H,14H2,1H3,(H,24,27)/b12-11+.